The van der Waals surface area contributed by atoms with Crippen molar-refractivity contribution in [3.63, 3.8) is 0 Å². The van der Waals surface area contributed by atoms with Crippen molar-refractivity contribution in [1.82, 2.24) is 0 Å². The second kappa shape index (κ2) is 4.34. The van der Waals surface area contributed by atoms with Crippen molar-refractivity contribution in [3.8, 4) is 0 Å². The van der Waals surface area contributed by atoms with Crippen LogP contribution in [-0.2, 0) is 4.79 Å². The summed E-state index contributed by atoms with van der Waals surface area (Å²) in [7, 11) is 0. The molecule has 0 aliphatic carbocycles. The number of rotatable bonds is 3. The van der Waals surface area contributed by atoms with Gasteiger partial charge in [-0.05, 0) is 26.3 Å². The lowest BCUT2D eigenvalue weighted by molar-refractivity contribution is -0.107. The van der Waals surface area contributed by atoms with Gasteiger partial charge in [0.15, 0.2) is 0 Å². The maximum Gasteiger partial charge on any atom is 0.224 e. The van der Waals surface area contributed by atoms with Gasteiger partial charge in [-0.2, -0.15) is 0 Å². The van der Waals surface area contributed by atoms with Crippen LogP contribution in [0, 0.1) is 0 Å². The van der Waals surface area contributed by atoms with Crippen LogP contribution in [0.25, 0.3) is 0 Å². The lowest BCUT2D eigenvalue weighted by Gasteiger charge is -2.18. The van der Waals surface area contributed by atoms with Gasteiger partial charge in [-0.3, -0.25) is 4.79 Å². The van der Waals surface area contributed by atoms with E-state index in [9.17, 15) is 9.90 Å². The third kappa shape index (κ3) is 2.14. The molecule has 1 heterocycles. The Morgan fingerprint density at radius 3 is 2.44 bits per heavy atom. The number of aliphatic hydroxyl groups is 1. The molecule has 0 unspecified atom stereocenters. The minimum atomic E-state index is -0.691. The number of hydrogen-bond donors (Lipinski definition) is 1. The van der Waals surface area contributed by atoms with Crippen molar-refractivity contribution in [2.24, 2.45) is 0 Å². The highest BCUT2D eigenvalue weighted by atomic mass is 32.2. The van der Waals surface area contributed by atoms with E-state index in [-0.39, 0.29) is 10.9 Å². The Morgan fingerprint density at radius 2 is 2.06 bits per heavy atom. The van der Waals surface area contributed by atoms with E-state index in [1.165, 1.54) is 0 Å². The van der Waals surface area contributed by atoms with Crippen LogP contribution in [-0.4, -0.2) is 15.0 Å². The maximum absolute atomic E-state index is 11.7. The fourth-order valence-corrected chi connectivity index (χ4v) is 2.81. The third-order valence-electron chi connectivity index (χ3n) is 2.47. The number of allylic oxidation sites excluding steroid dienone is 3. The fraction of sp³-hybridized carbons (Fsp3) is 0.308. The van der Waals surface area contributed by atoms with Gasteiger partial charge in [-0.15, -0.1) is 0 Å². The van der Waals surface area contributed by atoms with Gasteiger partial charge < -0.3 is 5.11 Å². The van der Waals surface area contributed by atoms with Crippen LogP contribution in [0.15, 0.2) is 47.8 Å². The molecule has 86 valence electrons. The predicted molar refractivity (Wildman–Crippen MR) is 69.4 cm³/mol. The fourth-order valence-electron chi connectivity index (χ4n) is 1.60. The molecule has 2 nitrogen and oxygen atoms in total. The van der Waals surface area contributed by atoms with Crippen LogP contribution in [0.3, 0.4) is 0 Å². The monoisotopic (exact) mass is 236 g/mol. The topological polar surface area (TPSA) is 37.3 Å². The quantitative estimate of drug-likeness (QED) is 0.761. The van der Waals surface area contributed by atoms with Crippen LogP contribution in [0.1, 0.15) is 20.8 Å². The zero-order valence-corrected chi connectivity index (χ0v) is 10.6. The molecule has 0 bridgehead atoms. The molecular weight excluding hydrogens is 220 g/mol. The van der Waals surface area contributed by atoms with E-state index >= 15 is 0 Å². The van der Waals surface area contributed by atoms with Crippen LogP contribution in [0.4, 0.5) is 0 Å². The largest absolute Gasteiger partial charge is 0.510 e. The maximum atomic E-state index is 11.7. The SMILES string of the molecule is C=C/C(C)=C/[C@@]1(C)SC(=O)C(C(=C)C)=C1O. The van der Waals surface area contributed by atoms with Gasteiger partial charge in [0.25, 0.3) is 0 Å². The highest BCUT2D eigenvalue weighted by molar-refractivity contribution is 8.16. The Hall–Kier alpha value is -1.22. The molecule has 1 N–H and O–H groups in total. The number of hydrogen-bond acceptors (Lipinski definition) is 3. The lowest BCUT2D eigenvalue weighted by Crippen LogP contribution is -2.17. The van der Waals surface area contributed by atoms with E-state index in [0.29, 0.717) is 11.1 Å². The van der Waals surface area contributed by atoms with Crippen LogP contribution in [0.5, 0.6) is 0 Å². The molecule has 0 spiro atoms. The molecule has 3 heteroatoms. The lowest BCUT2D eigenvalue weighted by atomic mass is 9.99. The summed E-state index contributed by atoms with van der Waals surface area (Å²) in [5.74, 6) is 0.0937. The first kappa shape index (κ1) is 12.8. The van der Waals surface area contributed by atoms with Crippen molar-refractivity contribution in [2.45, 2.75) is 25.5 Å². The molecule has 1 rings (SSSR count). The average Bonchev–Trinajstić information content (AvgIpc) is 2.37. The van der Waals surface area contributed by atoms with Crippen molar-refractivity contribution < 1.29 is 9.90 Å². The first-order chi connectivity index (χ1) is 7.31. The Balaban J connectivity index is 3.26. The van der Waals surface area contributed by atoms with Gasteiger partial charge in [0.2, 0.25) is 5.12 Å². The van der Waals surface area contributed by atoms with Crippen LogP contribution >= 0.6 is 11.8 Å². The summed E-state index contributed by atoms with van der Waals surface area (Å²) >= 11 is 1.11. The first-order valence-electron chi connectivity index (χ1n) is 4.96. The molecular formula is C13H16O2S. The zero-order valence-electron chi connectivity index (χ0n) is 9.83. The molecule has 1 aliphatic heterocycles. The van der Waals surface area contributed by atoms with E-state index in [4.69, 9.17) is 0 Å². The summed E-state index contributed by atoms with van der Waals surface area (Å²) in [6.45, 7) is 12.8. The average molecular weight is 236 g/mol. The molecule has 0 aromatic heterocycles. The summed E-state index contributed by atoms with van der Waals surface area (Å²) in [6, 6.07) is 0. The number of thioether (sulfide) groups is 1. The standard InChI is InChI=1S/C13H16O2S/c1-6-9(4)7-13(5)11(14)10(8(2)3)12(15)16-13/h6-7,14H,1-2H2,3-5H3/b9-7+/t13-/m1/s1. The number of carbonyl (C=O) groups is 1. The first-order valence-corrected chi connectivity index (χ1v) is 5.78. The smallest absolute Gasteiger partial charge is 0.224 e. The summed E-state index contributed by atoms with van der Waals surface area (Å²) < 4.78 is -0.691. The Bertz CT molecular complexity index is 429. The van der Waals surface area contributed by atoms with Gasteiger partial charge >= 0.3 is 0 Å². The van der Waals surface area contributed by atoms with Crippen LogP contribution < -0.4 is 0 Å². The minimum Gasteiger partial charge on any atom is -0.510 e. The second-order valence-electron chi connectivity index (χ2n) is 4.09. The van der Waals surface area contributed by atoms with Gasteiger partial charge in [0.1, 0.15) is 5.76 Å². The summed E-state index contributed by atoms with van der Waals surface area (Å²) in [6.07, 6.45) is 3.54. The Kier molecular flexibility index (Phi) is 3.48. The molecule has 0 saturated heterocycles. The molecule has 0 radical (unpaired) electrons. The zero-order chi connectivity index (χ0) is 12.5. The molecule has 1 aliphatic rings. The van der Waals surface area contributed by atoms with E-state index in [1.807, 2.05) is 19.9 Å². The molecule has 0 amide bonds. The summed E-state index contributed by atoms with van der Waals surface area (Å²) in [4.78, 5) is 11.7. The summed E-state index contributed by atoms with van der Waals surface area (Å²) in [5, 5.41) is 9.97. The number of aliphatic hydroxyl groups excluding tert-OH is 1. The molecule has 0 saturated carbocycles. The van der Waals surface area contributed by atoms with E-state index in [2.05, 4.69) is 13.2 Å². The van der Waals surface area contributed by atoms with Crippen molar-refractivity contribution in [3.05, 3.63) is 47.8 Å². The number of carbonyl (C=O) groups excluding carboxylic acids is 1. The Morgan fingerprint density at radius 1 is 1.50 bits per heavy atom. The normalized spacial score (nSPS) is 26.2. The highest BCUT2D eigenvalue weighted by Crippen LogP contribution is 2.45. The van der Waals surface area contributed by atoms with Crippen molar-refractivity contribution in [2.75, 3.05) is 0 Å². The molecule has 0 aromatic rings. The van der Waals surface area contributed by atoms with Crippen LogP contribution in [0.2, 0.25) is 0 Å². The molecule has 1 atom stereocenters. The van der Waals surface area contributed by atoms with Crippen molar-refractivity contribution >= 4 is 16.9 Å². The molecule has 16 heavy (non-hydrogen) atoms. The highest BCUT2D eigenvalue weighted by Gasteiger charge is 2.42. The van der Waals surface area contributed by atoms with Gasteiger partial charge in [0.05, 0.1) is 10.3 Å². The van der Waals surface area contributed by atoms with E-state index in [0.717, 1.165) is 17.3 Å². The van der Waals surface area contributed by atoms with Gasteiger partial charge in [-0.1, -0.05) is 42.6 Å². The van der Waals surface area contributed by atoms with Gasteiger partial charge in [0, 0.05) is 0 Å². The van der Waals surface area contributed by atoms with Crippen molar-refractivity contribution in [1.29, 1.82) is 0 Å². The Labute approximate surface area is 100 Å². The van der Waals surface area contributed by atoms with E-state index < -0.39 is 4.75 Å². The summed E-state index contributed by atoms with van der Waals surface area (Å²) in [5.41, 5.74) is 1.88. The molecule has 0 fully saturated rings. The third-order valence-corrected chi connectivity index (χ3v) is 3.59. The van der Waals surface area contributed by atoms with E-state index in [1.54, 1.807) is 13.0 Å². The molecule has 0 aromatic carbocycles. The van der Waals surface area contributed by atoms with Gasteiger partial charge in [-0.25, -0.2) is 0 Å². The predicted octanol–water partition coefficient (Wildman–Crippen LogP) is 3.54. The second-order valence-corrected chi connectivity index (χ2v) is 5.52. The minimum absolute atomic E-state index is 0.0937.